The minimum atomic E-state index is -1.89. The lowest BCUT2D eigenvalue weighted by molar-refractivity contribution is -0.142. The molecule has 0 N–H and O–H groups in total. The Kier molecular flexibility index (Phi) is 17.0. The summed E-state index contributed by atoms with van der Waals surface area (Å²) in [6, 6.07) is 0.147. The number of hydrogen-bond donors (Lipinski definition) is 0. The molecule has 0 saturated carbocycles. The van der Waals surface area contributed by atoms with Crippen LogP contribution in [0.15, 0.2) is 24.8 Å². The summed E-state index contributed by atoms with van der Waals surface area (Å²) in [6.45, 7) is 24.0. The predicted molar refractivity (Wildman–Crippen MR) is 157 cm³/mol. The first-order valence-corrected chi connectivity index (χ1v) is 17.1. The third-order valence-electron chi connectivity index (χ3n) is 6.73. The van der Waals surface area contributed by atoms with Gasteiger partial charge in [0.05, 0.1) is 6.61 Å². The molecule has 1 atom stereocenters. The number of unbranched alkanes of at least 4 members (excludes halogenated alkanes) is 3. The maximum absolute atomic E-state index is 13.2. The highest BCUT2D eigenvalue weighted by atomic mass is 28.4. The van der Waals surface area contributed by atoms with E-state index in [0.717, 1.165) is 51.4 Å². The first-order valence-electron chi connectivity index (χ1n) is 14.2. The van der Waals surface area contributed by atoms with E-state index < -0.39 is 13.9 Å². The Morgan fingerprint density at radius 1 is 0.973 bits per heavy atom. The highest BCUT2D eigenvalue weighted by Crippen LogP contribution is 2.36. The molecule has 0 rings (SSSR count). The second-order valence-electron chi connectivity index (χ2n) is 12.3. The molecule has 7 heteroatoms. The minimum absolute atomic E-state index is 0.134. The Morgan fingerprint density at radius 2 is 1.59 bits per heavy atom. The fourth-order valence-corrected chi connectivity index (χ4v) is 4.65. The van der Waals surface area contributed by atoms with E-state index in [0.29, 0.717) is 19.6 Å². The van der Waals surface area contributed by atoms with Gasteiger partial charge in [-0.2, -0.15) is 0 Å². The van der Waals surface area contributed by atoms with Crippen molar-refractivity contribution in [2.45, 2.75) is 136 Å². The number of amides is 1. The third kappa shape index (κ3) is 16.8. The van der Waals surface area contributed by atoms with E-state index in [1.54, 1.807) is 6.08 Å². The van der Waals surface area contributed by atoms with Crippen LogP contribution in [0, 0.1) is 0 Å². The van der Waals surface area contributed by atoms with Crippen molar-refractivity contribution in [3.63, 3.8) is 0 Å². The molecule has 0 aliphatic rings. The van der Waals surface area contributed by atoms with Crippen LogP contribution in [0.25, 0.3) is 0 Å². The number of esters is 1. The van der Waals surface area contributed by atoms with Crippen molar-refractivity contribution in [3.05, 3.63) is 24.8 Å². The molecule has 0 spiro atoms. The number of nitrogens with zero attached hydrogens (tertiary/aromatic N) is 1. The van der Waals surface area contributed by atoms with Crippen LogP contribution in [0.5, 0.6) is 0 Å². The average Bonchev–Trinajstić information content (AvgIpc) is 2.76. The van der Waals surface area contributed by atoms with Crippen LogP contribution in [-0.2, 0) is 18.7 Å². The Labute approximate surface area is 229 Å². The molecule has 0 unspecified atom stereocenters. The minimum Gasteiger partial charge on any atom is -0.461 e. The van der Waals surface area contributed by atoms with Crippen LogP contribution in [0.1, 0.15) is 106 Å². The maximum atomic E-state index is 13.2. The van der Waals surface area contributed by atoms with Crippen molar-refractivity contribution in [1.29, 1.82) is 0 Å². The van der Waals surface area contributed by atoms with Crippen molar-refractivity contribution in [1.82, 2.24) is 4.90 Å². The molecule has 1 amide bonds. The van der Waals surface area contributed by atoms with E-state index in [4.69, 9.17) is 13.9 Å². The Hall–Kier alpha value is -1.60. The first-order chi connectivity index (χ1) is 17.1. The van der Waals surface area contributed by atoms with Gasteiger partial charge in [0.25, 0.3) is 0 Å². The van der Waals surface area contributed by atoms with Crippen LogP contribution in [0.3, 0.4) is 0 Å². The molecule has 0 aromatic carbocycles. The van der Waals surface area contributed by atoms with Gasteiger partial charge in [-0.05, 0) is 77.4 Å². The summed E-state index contributed by atoms with van der Waals surface area (Å²) in [5.74, 6) is -0.167. The van der Waals surface area contributed by atoms with Gasteiger partial charge < -0.3 is 18.8 Å². The van der Waals surface area contributed by atoms with Gasteiger partial charge in [0.15, 0.2) is 8.32 Å². The molecule has 0 aliphatic heterocycles. The van der Waals surface area contributed by atoms with Gasteiger partial charge in [-0.15, -0.1) is 0 Å². The number of carbonyl (C=O) groups excluding carboxylic acids is 2. The van der Waals surface area contributed by atoms with Crippen molar-refractivity contribution >= 4 is 20.4 Å². The van der Waals surface area contributed by atoms with Crippen LogP contribution in [0.2, 0.25) is 18.1 Å². The SMILES string of the molecule is C=CCOC(=O)CCC/C=C\CCCC[C@H](CCC)N(CCO[Si](C)(C)C(C)(C)C)C(=O)OC(C)(C)C. The highest BCUT2D eigenvalue weighted by Gasteiger charge is 2.37. The number of carbonyl (C=O) groups is 2. The molecule has 0 aromatic heterocycles. The third-order valence-corrected chi connectivity index (χ3v) is 11.3. The summed E-state index contributed by atoms with van der Waals surface area (Å²) >= 11 is 0. The van der Waals surface area contributed by atoms with Crippen molar-refractivity contribution < 1.29 is 23.5 Å². The summed E-state index contributed by atoms with van der Waals surface area (Å²) in [7, 11) is -1.89. The molecule has 0 heterocycles. The Balaban J connectivity index is 4.84. The topological polar surface area (TPSA) is 65.1 Å². The van der Waals surface area contributed by atoms with Crippen LogP contribution in [-0.4, -0.2) is 56.7 Å². The van der Waals surface area contributed by atoms with Crippen molar-refractivity contribution in [2.75, 3.05) is 19.8 Å². The Bertz CT molecular complexity index is 691. The second kappa shape index (κ2) is 17.8. The number of hydrogen-bond acceptors (Lipinski definition) is 5. The smallest absolute Gasteiger partial charge is 0.410 e. The number of allylic oxidation sites excluding steroid dienone is 2. The molecule has 0 bridgehead atoms. The van der Waals surface area contributed by atoms with Gasteiger partial charge in [-0.1, -0.05) is 65.3 Å². The zero-order valence-corrected chi connectivity index (χ0v) is 26.5. The summed E-state index contributed by atoms with van der Waals surface area (Å²) in [4.78, 5) is 26.6. The lowest BCUT2D eigenvalue weighted by Crippen LogP contribution is -2.47. The van der Waals surface area contributed by atoms with Gasteiger partial charge >= 0.3 is 12.1 Å². The zero-order chi connectivity index (χ0) is 28.5. The predicted octanol–water partition coefficient (Wildman–Crippen LogP) is 8.43. The fourth-order valence-electron chi connectivity index (χ4n) is 3.61. The van der Waals surface area contributed by atoms with E-state index in [1.807, 2.05) is 25.7 Å². The lowest BCUT2D eigenvalue weighted by atomic mass is 10.0. The van der Waals surface area contributed by atoms with Crippen LogP contribution < -0.4 is 0 Å². The molecular formula is C30H57NO5Si. The Morgan fingerprint density at radius 3 is 2.14 bits per heavy atom. The van der Waals surface area contributed by atoms with E-state index in [-0.39, 0.29) is 29.7 Å². The summed E-state index contributed by atoms with van der Waals surface area (Å²) in [5, 5.41) is 0.134. The zero-order valence-electron chi connectivity index (χ0n) is 25.5. The van der Waals surface area contributed by atoms with E-state index in [9.17, 15) is 9.59 Å². The molecular weight excluding hydrogens is 482 g/mol. The molecule has 0 aromatic rings. The monoisotopic (exact) mass is 539 g/mol. The van der Waals surface area contributed by atoms with Gasteiger partial charge in [0.2, 0.25) is 0 Å². The van der Waals surface area contributed by atoms with E-state index in [2.05, 4.69) is 59.5 Å². The van der Waals surface area contributed by atoms with Crippen molar-refractivity contribution in [3.8, 4) is 0 Å². The molecule has 0 radical (unpaired) electrons. The number of ether oxygens (including phenoxy) is 2. The van der Waals surface area contributed by atoms with E-state index >= 15 is 0 Å². The normalized spacial score (nSPS) is 13.4. The quantitative estimate of drug-likeness (QED) is 0.0757. The second-order valence-corrected chi connectivity index (χ2v) is 17.2. The van der Waals surface area contributed by atoms with Gasteiger partial charge in [-0.3, -0.25) is 4.79 Å². The average molecular weight is 540 g/mol. The summed E-state index contributed by atoms with van der Waals surface area (Å²) < 4.78 is 17.2. The van der Waals surface area contributed by atoms with Crippen LogP contribution in [0.4, 0.5) is 4.79 Å². The first kappa shape index (κ1) is 35.4. The van der Waals surface area contributed by atoms with Crippen molar-refractivity contribution in [2.24, 2.45) is 0 Å². The van der Waals surface area contributed by atoms with Gasteiger partial charge in [-0.25, -0.2) is 4.79 Å². The molecule has 216 valence electrons. The molecule has 37 heavy (non-hydrogen) atoms. The largest absolute Gasteiger partial charge is 0.461 e. The lowest BCUT2D eigenvalue weighted by Gasteiger charge is -2.38. The van der Waals surface area contributed by atoms with E-state index in [1.165, 1.54) is 0 Å². The molecule has 0 aliphatic carbocycles. The van der Waals surface area contributed by atoms with Gasteiger partial charge in [0, 0.05) is 19.0 Å². The van der Waals surface area contributed by atoms with Crippen LogP contribution >= 0.6 is 0 Å². The standard InChI is InChI=1S/C30H57NO5Si/c1-11-20-26(21-18-16-14-13-15-17-19-22-27(32)34-24-12-2)31(28(33)36-29(3,4)5)23-25-35-37(9,10)30(6,7)8/h12-13,15,26H,2,11,14,16-25H2,1,3-10H3/b15-13-/t26-/m0/s1. The molecule has 6 nitrogen and oxygen atoms in total. The highest BCUT2D eigenvalue weighted by molar-refractivity contribution is 6.74. The maximum Gasteiger partial charge on any atom is 0.410 e. The molecule has 0 saturated heterocycles. The fraction of sp³-hybridized carbons (Fsp3) is 0.800. The summed E-state index contributed by atoms with van der Waals surface area (Å²) in [6.07, 6.45) is 13.8. The van der Waals surface area contributed by atoms with Gasteiger partial charge in [0.1, 0.15) is 12.2 Å². The number of rotatable bonds is 18. The summed E-state index contributed by atoms with van der Waals surface area (Å²) in [5.41, 5.74) is -0.528. The molecule has 0 fully saturated rings.